The summed E-state index contributed by atoms with van der Waals surface area (Å²) < 4.78 is 4.98. The molecule has 4 rings (SSSR count). The van der Waals surface area contributed by atoms with E-state index in [4.69, 9.17) is 4.42 Å². The maximum absolute atomic E-state index is 12.4. The van der Waals surface area contributed by atoms with Gasteiger partial charge in [-0.25, -0.2) is 4.79 Å². The van der Waals surface area contributed by atoms with E-state index in [-0.39, 0.29) is 5.91 Å². The fraction of sp³-hybridized carbons (Fsp3) is 0. The predicted octanol–water partition coefficient (Wildman–Crippen LogP) is 2.85. The Labute approximate surface area is 123 Å². The summed E-state index contributed by atoms with van der Waals surface area (Å²) in [6.45, 7) is 0. The van der Waals surface area contributed by atoms with E-state index >= 15 is 0 Å². The Hall–Kier alpha value is -3.28. The summed E-state index contributed by atoms with van der Waals surface area (Å²) in [5.74, 6) is -0.810. The van der Waals surface area contributed by atoms with Crippen molar-refractivity contribution in [1.29, 1.82) is 0 Å². The minimum atomic E-state index is -0.551. The van der Waals surface area contributed by atoms with Gasteiger partial charge >= 0.3 is 5.76 Å². The minimum absolute atomic E-state index is 0.258. The van der Waals surface area contributed by atoms with Gasteiger partial charge in [0.1, 0.15) is 5.52 Å². The number of aromatic amines is 2. The van der Waals surface area contributed by atoms with E-state index in [0.717, 1.165) is 10.9 Å². The maximum atomic E-state index is 12.4. The molecule has 0 aliphatic heterocycles. The van der Waals surface area contributed by atoms with Crippen LogP contribution < -0.4 is 11.1 Å². The molecule has 0 radical (unpaired) electrons. The number of hydrogen-bond donors (Lipinski definition) is 3. The normalized spacial score (nSPS) is 11.1. The highest BCUT2D eigenvalue weighted by Crippen LogP contribution is 2.21. The highest BCUT2D eigenvalue weighted by molar-refractivity contribution is 6.09. The van der Waals surface area contributed by atoms with Crippen molar-refractivity contribution in [3.05, 3.63) is 64.8 Å². The lowest BCUT2D eigenvalue weighted by atomic mass is 10.1. The van der Waals surface area contributed by atoms with Crippen LogP contribution in [0.15, 0.2) is 57.9 Å². The molecule has 3 N–H and O–H groups in total. The molecule has 0 spiro atoms. The number of carbonyl (C=O) groups excluding carboxylic acids is 1. The monoisotopic (exact) mass is 293 g/mol. The first kappa shape index (κ1) is 12.5. The third kappa shape index (κ3) is 1.98. The van der Waals surface area contributed by atoms with Crippen LogP contribution >= 0.6 is 0 Å². The van der Waals surface area contributed by atoms with Gasteiger partial charge in [0.15, 0.2) is 5.58 Å². The minimum Gasteiger partial charge on any atom is -0.408 e. The number of amides is 1. The molecule has 2 aromatic carbocycles. The molecule has 0 aliphatic rings. The number of oxazole rings is 1. The van der Waals surface area contributed by atoms with E-state index in [1.54, 1.807) is 30.3 Å². The first-order valence-corrected chi connectivity index (χ1v) is 6.71. The average Bonchev–Trinajstić information content (AvgIpc) is 3.12. The van der Waals surface area contributed by atoms with Crippen LogP contribution in [0.25, 0.3) is 22.0 Å². The molecule has 0 fully saturated rings. The maximum Gasteiger partial charge on any atom is 0.417 e. The first-order chi connectivity index (χ1) is 10.7. The van der Waals surface area contributed by atoms with Crippen molar-refractivity contribution in [3.63, 3.8) is 0 Å². The summed E-state index contributed by atoms with van der Waals surface area (Å²) in [6.07, 6.45) is 1.82. The average molecular weight is 293 g/mol. The van der Waals surface area contributed by atoms with Crippen LogP contribution in [0.4, 0.5) is 5.69 Å². The summed E-state index contributed by atoms with van der Waals surface area (Å²) in [5, 5.41) is 3.83. The summed E-state index contributed by atoms with van der Waals surface area (Å²) >= 11 is 0. The van der Waals surface area contributed by atoms with Gasteiger partial charge in [0.05, 0.1) is 5.69 Å². The zero-order valence-electron chi connectivity index (χ0n) is 11.3. The van der Waals surface area contributed by atoms with Crippen LogP contribution in [-0.2, 0) is 0 Å². The Morgan fingerprint density at radius 2 is 2.05 bits per heavy atom. The molecule has 2 heterocycles. The number of fused-ring (bicyclic) bond motifs is 2. The molecule has 4 aromatic rings. The lowest BCUT2D eigenvalue weighted by molar-refractivity contribution is 0.102. The molecule has 1 amide bonds. The van der Waals surface area contributed by atoms with E-state index in [1.807, 2.05) is 18.3 Å². The van der Waals surface area contributed by atoms with Crippen molar-refractivity contribution < 1.29 is 9.21 Å². The standard InChI is InChI=1S/C16H11N3O3/c20-15(10-5-4-9-6-7-17-12(9)8-10)18-11-2-1-3-13-14(11)19-16(21)22-13/h1-8,17H,(H,18,20)(H,19,21). The number of benzene rings is 2. The number of anilines is 1. The van der Waals surface area contributed by atoms with Gasteiger partial charge in [-0.1, -0.05) is 12.1 Å². The van der Waals surface area contributed by atoms with Gasteiger partial charge in [-0.05, 0) is 35.7 Å². The van der Waals surface area contributed by atoms with Crippen molar-refractivity contribution in [3.8, 4) is 0 Å². The van der Waals surface area contributed by atoms with E-state index in [0.29, 0.717) is 22.4 Å². The highest BCUT2D eigenvalue weighted by Gasteiger charge is 2.11. The Morgan fingerprint density at radius 1 is 1.14 bits per heavy atom. The largest absolute Gasteiger partial charge is 0.417 e. The third-order valence-electron chi connectivity index (χ3n) is 3.52. The quantitative estimate of drug-likeness (QED) is 0.530. The Morgan fingerprint density at radius 3 is 2.95 bits per heavy atom. The van der Waals surface area contributed by atoms with E-state index in [2.05, 4.69) is 15.3 Å². The van der Waals surface area contributed by atoms with Gasteiger partial charge in [-0.15, -0.1) is 0 Å². The molecule has 6 nitrogen and oxygen atoms in total. The summed E-state index contributed by atoms with van der Waals surface area (Å²) in [4.78, 5) is 29.3. The zero-order valence-corrected chi connectivity index (χ0v) is 11.3. The fourth-order valence-corrected chi connectivity index (χ4v) is 2.46. The lowest BCUT2D eigenvalue weighted by Crippen LogP contribution is -2.12. The molecule has 0 saturated heterocycles. The second-order valence-corrected chi connectivity index (χ2v) is 4.93. The molecule has 0 unspecified atom stereocenters. The number of H-pyrrole nitrogens is 2. The van der Waals surface area contributed by atoms with Crippen molar-refractivity contribution >= 4 is 33.6 Å². The molecule has 108 valence electrons. The third-order valence-corrected chi connectivity index (χ3v) is 3.52. The van der Waals surface area contributed by atoms with Gasteiger partial charge in [-0.2, -0.15) is 0 Å². The molecular formula is C16H11N3O3. The van der Waals surface area contributed by atoms with Crippen LogP contribution in [0.1, 0.15) is 10.4 Å². The second kappa shape index (κ2) is 4.63. The zero-order chi connectivity index (χ0) is 15.1. The highest BCUT2D eigenvalue weighted by atomic mass is 16.4. The van der Waals surface area contributed by atoms with Crippen molar-refractivity contribution in [2.24, 2.45) is 0 Å². The predicted molar refractivity (Wildman–Crippen MR) is 83.1 cm³/mol. The van der Waals surface area contributed by atoms with Gasteiger partial charge < -0.3 is 14.7 Å². The summed E-state index contributed by atoms with van der Waals surface area (Å²) in [7, 11) is 0. The molecule has 0 bridgehead atoms. The molecule has 22 heavy (non-hydrogen) atoms. The van der Waals surface area contributed by atoms with Gasteiger partial charge in [0, 0.05) is 17.3 Å². The van der Waals surface area contributed by atoms with E-state index < -0.39 is 5.76 Å². The smallest absolute Gasteiger partial charge is 0.408 e. The number of carbonyl (C=O) groups is 1. The molecule has 0 atom stereocenters. The van der Waals surface area contributed by atoms with Gasteiger partial charge in [0.25, 0.3) is 5.91 Å². The Bertz CT molecular complexity index is 1060. The van der Waals surface area contributed by atoms with E-state index in [1.165, 1.54) is 0 Å². The number of hydrogen-bond acceptors (Lipinski definition) is 3. The van der Waals surface area contributed by atoms with Crippen molar-refractivity contribution in [2.75, 3.05) is 5.32 Å². The molecule has 0 saturated carbocycles. The fourth-order valence-electron chi connectivity index (χ4n) is 2.46. The van der Waals surface area contributed by atoms with Crippen LogP contribution in [-0.4, -0.2) is 15.9 Å². The van der Waals surface area contributed by atoms with Crippen LogP contribution in [0, 0.1) is 0 Å². The number of aromatic nitrogens is 2. The van der Waals surface area contributed by atoms with Gasteiger partial charge in [0.2, 0.25) is 0 Å². The molecule has 6 heteroatoms. The number of nitrogens with one attached hydrogen (secondary N) is 3. The van der Waals surface area contributed by atoms with Crippen LogP contribution in [0.3, 0.4) is 0 Å². The van der Waals surface area contributed by atoms with Crippen LogP contribution in [0.5, 0.6) is 0 Å². The van der Waals surface area contributed by atoms with Gasteiger partial charge in [-0.3, -0.25) is 9.78 Å². The second-order valence-electron chi connectivity index (χ2n) is 4.93. The van der Waals surface area contributed by atoms with Crippen LogP contribution in [0.2, 0.25) is 0 Å². The lowest BCUT2D eigenvalue weighted by Gasteiger charge is -2.06. The molecular weight excluding hydrogens is 282 g/mol. The Kier molecular flexibility index (Phi) is 2.62. The first-order valence-electron chi connectivity index (χ1n) is 6.71. The number of para-hydroxylation sites is 1. The Balaban J connectivity index is 1.72. The summed E-state index contributed by atoms with van der Waals surface area (Å²) in [6, 6.07) is 12.4. The van der Waals surface area contributed by atoms with E-state index in [9.17, 15) is 9.59 Å². The SMILES string of the molecule is O=C(Nc1cccc2oc(=O)[nH]c12)c1ccc2cc[nH]c2c1. The molecule has 2 aromatic heterocycles. The van der Waals surface area contributed by atoms with Crippen molar-refractivity contribution in [2.45, 2.75) is 0 Å². The number of rotatable bonds is 2. The van der Waals surface area contributed by atoms with Crippen molar-refractivity contribution in [1.82, 2.24) is 9.97 Å². The molecule has 0 aliphatic carbocycles. The summed E-state index contributed by atoms with van der Waals surface area (Å²) in [5.41, 5.74) is 2.80. The topological polar surface area (TPSA) is 90.9 Å².